The van der Waals surface area contributed by atoms with Crippen LogP contribution in [0.15, 0.2) is 21.9 Å². The molecular formula is C10H16N6OS. The van der Waals surface area contributed by atoms with E-state index in [1.54, 1.807) is 10.9 Å². The van der Waals surface area contributed by atoms with Crippen molar-refractivity contribution in [2.24, 2.45) is 0 Å². The summed E-state index contributed by atoms with van der Waals surface area (Å²) in [6, 6.07) is 2.30. The minimum Gasteiger partial charge on any atom is -0.361 e. The fourth-order valence-electron chi connectivity index (χ4n) is 1.35. The molecule has 0 amide bonds. The van der Waals surface area contributed by atoms with Crippen molar-refractivity contribution in [2.45, 2.75) is 37.3 Å². The number of aromatic nitrogens is 5. The molecule has 0 saturated heterocycles. The van der Waals surface area contributed by atoms with Crippen LogP contribution in [0.1, 0.15) is 19.6 Å². The van der Waals surface area contributed by atoms with Crippen LogP contribution in [0.3, 0.4) is 0 Å². The van der Waals surface area contributed by atoms with Crippen molar-refractivity contribution in [1.82, 2.24) is 30.7 Å². The number of nitrogens with one attached hydrogen (secondary N) is 1. The number of hydrogen-bond donors (Lipinski definition) is 1. The number of rotatable bonds is 7. The van der Waals surface area contributed by atoms with Crippen LogP contribution in [0.5, 0.6) is 0 Å². The molecule has 0 aliphatic carbocycles. The Morgan fingerprint density at radius 1 is 1.50 bits per heavy atom. The normalized spacial score (nSPS) is 11.3. The molecule has 2 rings (SSSR count). The van der Waals surface area contributed by atoms with E-state index in [9.17, 15) is 0 Å². The summed E-state index contributed by atoms with van der Waals surface area (Å²) in [5, 5.41) is 19.4. The molecule has 0 atom stereocenters. The van der Waals surface area contributed by atoms with Gasteiger partial charge >= 0.3 is 0 Å². The number of hydrogen-bond acceptors (Lipinski definition) is 7. The largest absolute Gasteiger partial charge is 0.361 e. The summed E-state index contributed by atoms with van der Waals surface area (Å²) in [4.78, 5) is 0. The topological polar surface area (TPSA) is 81.7 Å². The highest BCUT2D eigenvalue weighted by molar-refractivity contribution is 7.98. The third kappa shape index (κ3) is 3.81. The monoisotopic (exact) mass is 268 g/mol. The zero-order valence-electron chi connectivity index (χ0n) is 10.4. The van der Waals surface area contributed by atoms with Crippen LogP contribution < -0.4 is 5.32 Å². The van der Waals surface area contributed by atoms with Crippen LogP contribution in [-0.2, 0) is 12.3 Å². The van der Waals surface area contributed by atoms with Crippen molar-refractivity contribution in [3.8, 4) is 0 Å². The average molecular weight is 268 g/mol. The van der Waals surface area contributed by atoms with Crippen molar-refractivity contribution >= 4 is 11.8 Å². The molecule has 0 radical (unpaired) electrons. The molecule has 0 saturated carbocycles. The molecule has 0 aromatic carbocycles. The molecule has 18 heavy (non-hydrogen) atoms. The predicted octanol–water partition coefficient (Wildman–Crippen LogP) is 0.951. The minimum absolute atomic E-state index is 0.465. The molecule has 2 aromatic rings. The molecule has 2 aromatic heterocycles. The Balaban J connectivity index is 1.83. The molecule has 8 heteroatoms. The maximum atomic E-state index is 5.02. The van der Waals surface area contributed by atoms with E-state index in [0.717, 1.165) is 24.0 Å². The van der Waals surface area contributed by atoms with Gasteiger partial charge in [0.25, 0.3) is 0 Å². The van der Waals surface area contributed by atoms with Gasteiger partial charge in [-0.25, -0.2) is 4.68 Å². The first-order chi connectivity index (χ1) is 8.75. The fraction of sp³-hybridized carbons (Fsp3) is 0.600. The van der Waals surface area contributed by atoms with Crippen molar-refractivity contribution in [1.29, 1.82) is 0 Å². The highest BCUT2D eigenvalue weighted by Crippen LogP contribution is 2.19. The Morgan fingerprint density at radius 2 is 2.39 bits per heavy atom. The summed E-state index contributed by atoms with van der Waals surface area (Å²) in [5.74, 6) is 1.49. The first-order valence-electron chi connectivity index (χ1n) is 5.77. The third-order valence-electron chi connectivity index (χ3n) is 2.21. The molecular weight excluding hydrogens is 252 g/mol. The smallest absolute Gasteiger partial charge is 0.209 e. The Hall–Kier alpha value is -1.41. The quantitative estimate of drug-likeness (QED) is 0.749. The number of thioether (sulfide) groups is 1. The van der Waals surface area contributed by atoms with Gasteiger partial charge < -0.3 is 9.84 Å². The Bertz CT molecular complexity index is 455. The van der Waals surface area contributed by atoms with E-state index < -0.39 is 0 Å². The number of nitrogens with zero attached hydrogens (tertiary/aromatic N) is 5. The van der Waals surface area contributed by atoms with E-state index in [0.29, 0.717) is 11.8 Å². The van der Waals surface area contributed by atoms with Gasteiger partial charge in [0.2, 0.25) is 5.16 Å². The first kappa shape index (κ1) is 13.0. The van der Waals surface area contributed by atoms with Gasteiger partial charge in [-0.3, -0.25) is 0 Å². The average Bonchev–Trinajstić information content (AvgIpc) is 2.96. The lowest BCUT2D eigenvalue weighted by molar-refractivity contribution is 0.395. The third-order valence-corrected chi connectivity index (χ3v) is 3.19. The van der Waals surface area contributed by atoms with Gasteiger partial charge in [0.05, 0.1) is 18.5 Å². The van der Waals surface area contributed by atoms with E-state index >= 15 is 0 Å². The lowest BCUT2D eigenvalue weighted by Crippen LogP contribution is -2.27. The minimum atomic E-state index is 0.465. The van der Waals surface area contributed by atoms with Gasteiger partial charge in [-0.2, -0.15) is 0 Å². The van der Waals surface area contributed by atoms with E-state index in [-0.39, 0.29) is 0 Å². The predicted molar refractivity (Wildman–Crippen MR) is 67.0 cm³/mol. The molecule has 0 aliphatic rings. The van der Waals surface area contributed by atoms with Crippen molar-refractivity contribution in [2.75, 3.05) is 6.54 Å². The SMILES string of the molecule is CC(C)NCCn1nnnc1SCc1ccno1. The van der Waals surface area contributed by atoms with Crippen molar-refractivity contribution in [3.63, 3.8) is 0 Å². The molecule has 0 spiro atoms. The van der Waals surface area contributed by atoms with Gasteiger partial charge in [-0.15, -0.1) is 5.10 Å². The summed E-state index contributed by atoms with van der Waals surface area (Å²) >= 11 is 1.54. The second-order valence-electron chi connectivity index (χ2n) is 4.06. The number of tetrazole rings is 1. The van der Waals surface area contributed by atoms with E-state index in [4.69, 9.17) is 4.52 Å². The van der Waals surface area contributed by atoms with Gasteiger partial charge in [0, 0.05) is 18.7 Å². The fourth-order valence-corrected chi connectivity index (χ4v) is 2.14. The molecule has 98 valence electrons. The van der Waals surface area contributed by atoms with E-state index in [1.807, 2.05) is 6.07 Å². The molecule has 7 nitrogen and oxygen atoms in total. The molecule has 0 unspecified atom stereocenters. The highest BCUT2D eigenvalue weighted by atomic mass is 32.2. The first-order valence-corrected chi connectivity index (χ1v) is 6.76. The lowest BCUT2D eigenvalue weighted by atomic mass is 10.4. The Kier molecular flexibility index (Phi) is 4.71. The Morgan fingerprint density at radius 3 is 3.11 bits per heavy atom. The van der Waals surface area contributed by atoms with Crippen LogP contribution in [0.2, 0.25) is 0 Å². The van der Waals surface area contributed by atoms with Gasteiger partial charge in [-0.05, 0) is 10.4 Å². The summed E-state index contributed by atoms with van der Waals surface area (Å²) in [5.41, 5.74) is 0. The van der Waals surface area contributed by atoms with Gasteiger partial charge in [0.1, 0.15) is 5.76 Å². The maximum Gasteiger partial charge on any atom is 0.209 e. The van der Waals surface area contributed by atoms with Crippen LogP contribution in [0.25, 0.3) is 0 Å². The van der Waals surface area contributed by atoms with Crippen LogP contribution >= 0.6 is 11.8 Å². The van der Waals surface area contributed by atoms with Crippen LogP contribution in [0, 0.1) is 0 Å². The second kappa shape index (κ2) is 6.50. The summed E-state index contributed by atoms with van der Waals surface area (Å²) < 4.78 is 6.81. The summed E-state index contributed by atoms with van der Waals surface area (Å²) in [6.45, 7) is 5.82. The van der Waals surface area contributed by atoms with Crippen LogP contribution in [-0.4, -0.2) is 38.0 Å². The Labute approximate surface area is 109 Å². The van der Waals surface area contributed by atoms with Crippen molar-refractivity contribution in [3.05, 3.63) is 18.0 Å². The zero-order valence-corrected chi connectivity index (χ0v) is 11.2. The molecule has 0 bridgehead atoms. The van der Waals surface area contributed by atoms with Crippen LogP contribution in [0.4, 0.5) is 0 Å². The lowest BCUT2D eigenvalue weighted by Gasteiger charge is -2.08. The maximum absolute atomic E-state index is 5.02. The van der Waals surface area contributed by atoms with E-state index in [1.165, 1.54) is 11.8 Å². The van der Waals surface area contributed by atoms with Gasteiger partial charge in [0.15, 0.2) is 0 Å². The molecule has 2 heterocycles. The second-order valence-corrected chi connectivity index (χ2v) is 5.00. The summed E-state index contributed by atoms with van der Waals surface area (Å²) in [7, 11) is 0. The zero-order chi connectivity index (χ0) is 12.8. The molecule has 1 N–H and O–H groups in total. The van der Waals surface area contributed by atoms with E-state index in [2.05, 4.69) is 39.8 Å². The van der Waals surface area contributed by atoms with Gasteiger partial charge in [-0.1, -0.05) is 30.8 Å². The summed E-state index contributed by atoms with van der Waals surface area (Å²) in [6.07, 6.45) is 1.63. The standard InChI is InChI=1S/C10H16N6OS/c1-8(2)11-5-6-16-10(13-14-15-16)18-7-9-3-4-12-17-9/h3-4,8,11H,5-7H2,1-2H3. The highest BCUT2D eigenvalue weighted by Gasteiger charge is 2.08. The molecule has 0 aliphatic heterocycles. The molecule has 0 fully saturated rings. The van der Waals surface area contributed by atoms with Crippen molar-refractivity contribution < 1.29 is 4.52 Å².